The lowest BCUT2D eigenvalue weighted by Crippen LogP contribution is -2.22. The first-order valence-corrected chi connectivity index (χ1v) is 5.98. The molecule has 0 fully saturated rings. The average molecular weight is 236 g/mol. The van der Waals surface area contributed by atoms with Crippen molar-refractivity contribution < 1.29 is 0 Å². The van der Waals surface area contributed by atoms with Crippen LogP contribution in [0, 0.1) is 0 Å². The van der Waals surface area contributed by atoms with Crippen LogP contribution in [0.3, 0.4) is 0 Å². The van der Waals surface area contributed by atoms with Crippen molar-refractivity contribution in [2.75, 3.05) is 0 Å². The largest absolute Gasteiger partial charge is 0.289 e. The maximum atomic E-state index is 12.3. The van der Waals surface area contributed by atoms with Crippen LogP contribution in [0.2, 0.25) is 0 Å². The molecule has 2 aromatic rings. The minimum absolute atomic E-state index is 0.0613. The predicted octanol–water partition coefficient (Wildman–Crippen LogP) is 1.90. The Labute approximate surface area is 105 Å². The standard InChI is InChI=1S/C16H12O2/c17-15-11-5-1-2-6-12(15)10-14-8-4-3-7-13(9-11)16(14)18/h1-8H,9-10H2. The van der Waals surface area contributed by atoms with Gasteiger partial charge < -0.3 is 0 Å². The predicted molar refractivity (Wildman–Crippen MR) is 71.0 cm³/mol. The van der Waals surface area contributed by atoms with E-state index < -0.39 is 0 Å². The van der Waals surface area contributed by atoms with Gasteiger partial charge in [-0.05, 0) is 0 Å². The Hall–Kier alpha value is -2.22. The molecule has 0 aliphatic heterocycles. The lowest BCUT2D eigenvalue weighted by atomic mass is 9.98. The van der Waals surface area contributed by atoms with Crippen molar-refractivity contribution in [3.05, 3.63) is 91.2 Å². The molecule has 0 spiro atoms. The molecule has 2 heteroatoms. The van der Waals surface area contributed by atoms with Gasteiger partial charge in [0.25, 0.3) is 0 Å². The zero-order valence-corrected chi connectivity index (χ0v) is 9.85. The maximum Gasteiger partial charge on any atom is 0.185 e. The number of hydrogen-bond donors (Lipinski definition) is 0. The molecular weight excluding hydrogens is 224 g/mol. The molecule has 0 saturated carbocycles. The second-order valence-corrected chi connectivity index (χ2v) is 4.55. The third kappa shape index (κ3) is 1.76. The van der Waals surface area contributed by atoms with Crippen LogP contribution in [0.1, 0.15) is 22.3 Å². The summed E-state index contributed by atoms with van der Waals surface area (Å²) in [6.07, 6.45) is 0.835. The fourth-order valence-corrected chi connectivity index (χ4v) is 2.37. The molecule has 1 aliphatic carbocycles. The summed E-state index contributed by atoms with van der Waals surface area (Å²) in [5, 5.41) is 0. The van der Waals surface area contributed by atoms with E-state index in [-0.39, 0.29) is 10.9 Å². The summed E-state index contributed by atoms with van der Waals surface area (Å²) in [5.41, 5.74) is 2.92. The van der Waals surface area contributed by atoms with Gasteiger partial charge in [-0.1, -0.05) is 48.5 Å². The molecule has 18 heavy (non-hydrogen) atoms. The van der Waals surface area contributed by atoms with Gasteiger partial charge in [-0.15, -0.1) is 0 Å². The molecule has 0 aromatic heterocycles. The van der Waals surface area contributed by atoms with Crippen LogP contribution in [0.15, 0.2) is 58.1 Å². The number of rotatable bonds is 0. The first-order chi connectivity index (χ1) is 8.75. The van der Waals surface area contributed by atoms with E-state index in [2.05, 4.69) is 0 Å². The molecule has 4 bridgehead atoms. The molecule has 0 unspecified atom stereocenters. The van der Waals surface area contributed by atoms with Crippen LogP contribution >= 0.6 is 0 Å². The van der Waals surface area contributed by atoms with Gasteiger partial charge in [0.05, 0.1) is 0 Å². The van der Waals surface area contributed by atoms with Gasteiger partial charge in [-0.2, -0.15) is 0 Å². The van der Waals surface area contributed by atoms with Crippen LogP contribution in [-0.4, -0.2) is 0 Å². The van der Waals surface area contributed by atoms with Crippen molar-refractivity contribution in [1.29, 1.82) is 0 Å². The summed E-state index contributed by atoms with van der Waals surface area (Å²) < 4.78 is 0. The molecule has 1 aliphatic rings. The third-order valence-electron chi connectivity index (χ3n) is 3.34. The van der Waals surface area contributed by atoms with Gasteiger partial charge in [0, 0.05) is 35.1 Å². The Morgan fingerprint density at radius 1 is 0.556 bits per heavy atom. The van der Waals surface area contributed by atoms with Gasteiger partial charge in [0.15, 0.2) is 10.9 Å². The molecule has 0 saturated heterocycles. The lowest BCUT2D eigenvalue weighted by molar-refractivity contribution is 1.06. The second-order valence-electron chi connectivity index (χ2n) is 4.55. The van der Waals surface area contributed by atoms with Gasteiger partial charge in [0.1, 0.15) is 0 Å². The van der Waals surface area contributed by atoms with E-state index in [1.165, 1.54) is 0 Å². The highest BCUT2D eigenvalue weighted by atomic mass is 16.1. The Morgan fingerprint density at radius 3 is 1.11 bits per heavy atom. The Kier molecular flexibility index (Phi) is 2.56. The summed E-state index contributed by atoms with van der Waals surface area (Å²) in [6.45, 7) is 0. The molecule has 88 valence electrons. The summed E-state index contributed by atoms with van der Waals surface area (Å²) in [4.78, 5) is 24.6. The average Bonchev–Trinajstić information content (AvgIpc) is 2.66. The van der Waals surface area contributed by atoms with E-state index in [4.69, 9.17) is 0 Å². The first-order valence-electron chi connectivity index (χ1n) is 5.98. The summed E-state index contributed by atoms with van der Waals surface area (Å²) in [6, 6.07) is 14.7. The number of fused-ring (bicyclic) bond motifs is 4. The first kappa shape index (κ1) is 10.9. The van der Waals surface area contributed by atoms with Crippen LogP contribution in [0.5, 0.6) is 0 Å². The van der Waals surface area contributed by atoms with Gasteiger partial charge in [-0.25, -0.2) is 0 Å². The van der Waals surface area contributed by atoms with Crippen molar-refractivity contribution >= 4 is 0 Å². The molecule has 2 aromatic carbocycles. The van der Waals surface area contributed by atoms with Crippen LogP contribution < -0.4 is 10.9 Å². The minimum Gasteiger partial charge on any atom is -0.289 e. The second kappa shape index (κ2) is 4.22. The van der Waals surface area contributed by atoms with Crippen molar-refractivity contribution in [1.82, 2.24) is 0 Å². The maximum absolute atomic E-state index is 12.3. The highest BCUT2D eigenvalue weighted by Crippen LogP contribution is 2.09. The lowest BCUT2D eigenvalue weighted by Gasteiger charge is -2.04. The zero-order chi connectivity index (χ0) is 12.5. The Bertz CT molecular complexity index is 613. The highest BCUT2D eigenvalue weighted by molar-refractivity contribution is 5.36. The fourth-order valence-electron chi connectivity index (χ4n) is 2.37. The van der Waals surface area contributed by atoms with Gasteiger partial charge in [0.2, 0.25) is 0 Å². The summed E-state index contributed by atoms with van der Waals surface area (Å²) in [5.74, 6) is 0. The smallest absolute Gasteiger partial charge is 0.185 e. The van der Waals surface area contributed by atoms with E-state index in [0.29, 0.717) is 35.1 Å². The highest BCUT2D eigenvalue weighted by Gasteiger charge is 2.13. The molecule has 0 radical (unpaired) electrons. The van der Waals surface area contributed by atoms with Gasteiger partial charge >= 0.3 is 0 Å². The summed E-state index contributed by atoms with van der Waals surface area (Å²) in [7, 11) is 0. The van der Waals surface area contributed by atoms with Crippen molar-refractivity contribution in [2.24, 2.45) is 0 Å². The van der Waals surface area contributed by atoms with E-state index in [1.807, 2.05) is 48.5 Å². The molecule has 2 nitrogen and oxygen atoms in total. The molecule has 3 rings (SSSR count). The molecular formula is C16H12O2. The quantitative estimate of drug-likeness (QED) is 0.597. The van der Waals surface area contributed by atoms with Crippen molar-refractivity contribution in [2.45, 2.75) is 12.8 Å². The molecule has 0 amide bonds. The topological polar surface area (TPSA) is 34.1 Å². The van der Waals surface area contributed by atoms with E-state index in [1.54, 1.807) is 0 Å². The zero-order valence-electron chi connectivity index (χ0n) is 9.85. The normalized spacial score (nSPS) is 12.4. The van der Waals surface area contributed by atoms with E-state index in [0.717, 1.165) is 0 Å². The van der Waals surface area contributed by atoms with Crippen LogP contribution in [0.4, 0.5) is 0 Å². The third-order valence-corrected chi connectivity index (χ3v) is 3.34. The SMILES string of the molecule is O=c1c2ccccc1Cc1ccccc(c1=O)C2. The van der Waals surface area contributed by atoms with E-state index in [9.17, 15) is 9.59 Å². The molecule has 0 atom stereocenters. The minimum atomic E-state index is 0.0613. The van der Waals surface area contributed by atoms with Gasteiger partial charge in [-0.3, -0.25) is 9.59 Å². The molecule has 0 N–H and O–H groups in total. The molecule has 0 heterocycles. The monoisotopic (exact) mass is 236 g/mol. The van der Waals surface area contributed by atoms with Crippen molar-refractivity contribution in [3.8, 4) is 0 Å². The number of hydrogen-bond acceptors (Lipinski definition) is 2. The fraction of sp³-hybridized carbons (Fsp3) is 0.125. The van der Waals surface area contributed by atoms with Crippen LogP contribution in [0.25, 0.3) is 0 Å². The summed E-state index contributed by atoms with van der Waals surface area (Å²) >= 11 is 0. The Morgan fingerprint density at radius 2 is 0.833 bits per heavy atom. The van der Waals surface area contributed by atoms with Crippen LogP contribution in [-0.2, 0) is 12.8 Å². The van der Waals surface area contributed by atoms with Crippen molar-refractivity contribution in [3.63, 3.8) is 0 Å². The Balaban J connectivity index is 2.39. The van der Waals surface area contributed by atoms with E-state index >= 15 is 0 Å².